The predicted octanol–water partition coefficient (Wildman–Crippen LogP) is 4.22. The molecule has 7 heteroatoms. The maximum atomic E-state index is 12.2. The number of benzene rings is 2. The Morgan fingerprint density at radius 3 is 2.48 bits per heavy atom. The third-order valence-electron chi connectivity index (χ3n) is 3.82. The number of carbonyl (C=O) groups is 2. The number of nitrogens with one attached hydrogen (secondary N) is 1. The van der Waals surface area contributed by atoms with Crippen molar-refractivity contribution in [2.24, 2.45) is 4.99 Å². The van der Waals surface area contributed by atoms with Crippen LogP contribution in [0.15, 0.2) is 58.4 Å². The molecule has 0 unspecified atom stereocenters. The fourth-order valence-corrected chi connectivity index (χ4v) is 3.31. The number of amidine groups is 1. The molecule has 1 heterocycles. The van der Waals surface area contributed by atoms with Crippen molar-refractivity contribution in [2.75, 3.05) is 6.61 Å². The number of esters is 1. The summed E-state index contributed by atoms with van der Waals surface area (Å²) in [5.41, 5.74) is 2.79. The number of hydrogen-bond donors (Lipinski definition) is 1. The number of aliphatic imine (C=N–C) groups is 1. The largest absolute Gasteiger partial charge is 0.482 e. The summed E-state index contributed by atoms with van der Waals surface area (Å²) in [5, 5.41) is 3.33. The van der Waals surface area contributed by atoms with Crippen LogP contribution in [-0.2, 0) is 14.3 Å². The van der Waals surface area contributed by atoms with Crippen molar-refractivity contribution < 1.29 is 19.1 Å². The monoisotopic (exact) mass is 410 g/mol. The van der Waals surface area contributed by atoms with Gasteiger partial charge in [-0.1, -0.05) is 29.8 Å². The minimum absolute atomic E-state index is 0.143. The Bertz CT molecular complexity index is 948. The van der Waals surface area contributed by atoms with Crippen molar-refractivity contribution in [1.82, 2.24) is 5.32 Å². The first-order valence-corrected chi connectivity index (χ1v) is 9.99. The van der Waals surface area contributed by atoms with Gasteiger partial charge in [0.05, 0.1) is 16.7 Å². The molecule has 2 aromatic rings. The lowest BCUT2D eigenvalue weighted by Crippen LogP contribution is -2.19. The number of carbonyl (C=O) groups excluding carboxylic acids is 2. The van der Waals surface area contributed by atoms with Crippen LogP contribution in [0.25, 0.3) is 6.08 Å². The Hall–Kier alpha value is -3.06. The lowest BCUT2D eigenvalue weighted by molar-refractivity contribution is -0.149. The van der Waals surface area contributed by atoms with Crippen molar-refractivity contribution in [3.63, 3.8) is 0 Å². The molecule has 0 aromatic heterocycles. The second-order valence-corrected chi connectivity index (χ2v) is 7.74. The van der Waals surface area contributed by atoms with Gasteiger partial charge in [0.1, 0.15) is 5.75 Å². The third-order valence-corrected chi connectivity index (χ3v) is 4.73. The van der Waals surface area contributed by atoms with Crippen LogP contribution in [0.5, 0.6) is 5.75 Å². The third kappa shape index (κ3) is 6.22. The van der Waals surface area contributed by atoms with Crippen molar-refractivity contribution in [3.05, 3.63) is 64.6 Å². The highest BCUT2D eigenvalue weighted by Crippen LogP contribution is 2.28. The van der Waals surface area contributed by atoms with Crippen LogP contribution >= 0.6 is 11.8 Å². The number of rotatable bonds is 6. The zero-order chi connectivity index (χ0) is 20.8. The van der Waals surface area contributed by atoms with E-state index in [0.29, 0.717) is 15.8 Å². The Balaban J connectivity index is 1.62. The summed E-state index contributed by atoms with van der Waals surface area (Å²) in [6.45, 7) is 5.44. The highest BCUT2D eigenvalue weighted by Gasteiger charge is 2.23. The standard InChI is InChI=1S/C22H22N2O4S/c1-14(2)28-20(25)13-27-18-10-6-16(7-11-18)12-19-21(26)24-22(29-19)23-17-8-4-15(3)5-9-17/h4-12,14H,13H2,1-3H3,(H,23,24,26)/b19-12-. The molecule has 0 aliphatic carbocycles. The molecule has 0 saturated carbocycles. The second-order valence-electron chi connectivity index (χ2n) is 6.71. The average Bonchev–Trinajstić information content (AvgIpc) is 3.01. The molecule has 1 saturated heterocycles. The molecule has 0 atom stereocenters. The lowest BCUT2D eigenvalue weighted by atomic mass is 10.2. The first-order valence-electron chi connectivity index (χ1n) is 9.17. The molecule has 1 aliphatic rings. The van der Waals surface area contributed by atoms with Gasteiger partial charge in [0.25, 0.3) is 5.91 Å². The highest BCUT2D eigenvalue weighted by atomic mass is 32.2. The van der Waals surface area contributed by atoms with E-state index in [4.69, 9.17) is 9.47 Å². The smallest absolute Gasteiger partial charge is 0.344 e. The normalized spacial score (nSPS) is 16.3. The zero-order valence-electron chi connectivity index (χ0n) is 16.5. The van der Waals surface area contributed by atoms with Crippen molar-refractivity contribution >= 4 is 40.6 Å². The summed E-state index contributed by atoms with van der Waals surface area (Å²) in [6.07, 6.45) is 1.61. The molecule has 3 rings (SSSR count). The maximum absolute atomic E-state index is 12.2. The van der Waals surface area contributed by atoms with Crippen LogP contribution in [0.3, 0.4) is 0 Å². The summed E-state index contributed by atoms with van der Waals surface area (Å²) < 4.78 is 10.4. The van der Waals surface area contributed by atoms with Gasteiger partial charge in [-0.15, -0.1) is 0 Å². The molecule has 0 bridgehead atoms. The molecule has 0 radical (unpaired) electrons. The van der Waals surface area contributed by atoms with E-state index in [2.05, 4.69) is 10.3 Å². The van der Waals surface area contributed by atoms with Crippen LogP contribution in [0.2, 0.25) is 0 Å². The van der Waals surface area contributed by atoms with Gasteiger partial charge >= 0.3 is 5.97 Å². The van der Waals surface area contributed by atoms with Crippen LogP contribution in [0, 0.1) is 6.92 Å². The molecule has 0 spiro atoms. The van der Waals surface area contributed by atoms with Gasteiger partial charge in [-0.3, -0.25) is 4.79 Å². The minimum atomic E-state index is -0.411. The molecule has 1 aliphatic heterocycles. The van der Waals surface area contributed by atoms with Gasteiger partial charge in [0.15, 0.2) is 11.8 Å². The van der Waals surface area contributed by atoms with Gasteiger partial charge in [-0.2, -0.15) is 0 Å². The number of thioether (sulfide) groups is 1. The molecule has 1 amide bonds. The fourth-order valence-electron chi connectivity index (χ4n) is 2.47. The summed E-state index contributed by atoms with van der Waals surface area (Å²) in [6, 6.07) is 14.9. The fraction of sp³-hybridized carbons (Fsp3) is 0.227. The van der Waals surface area contributed by atoms with E-state index in [-0.39, 0.29) is 18.6 Å². The molecular formula is C22H22N2O4S. The van der Waals surface area contributed by atoms with Crippen molar-refractivity contribution in [1.29, 1.82) is 0 Å². The molecular weight excluding hydrogens is 388 g/mol. The quantitative estimate of drug-likeness (QED) is 0.570. The zero-order valence-corrected chi connectivity index (χ0v) is 17.3. The average molecular weight is 410 g/mol. The Morgan fingerprint density at radius 1 is 1.14 bits per heavy atom. The summed E-state index contributed by atoms with van der Waals surface area (Å²) in [5.74, 6) is -0.0405. The van der Waals surface area contributed by atoms with Gasteiger partial charge in [0.2, 0.25) is 0 Å². The van der Waals surface area contributed by atoms with Crippen molar-refractivity contribution in [2.45, 2.75) is 26.9 Å². The highest BCUT2D eigenvalue weighted by molar-refractivity contribution is 8.18. The van der Waals surface area contributed by atoms with Crippen LogP contribution < -0.4 is 10.1 Å². The first-order chi connectivity index (χ1) is 13.9. The lowest BCUT2D eigenvalue weighted by Gasteiger charge is -2.09. The maximum Gasteiger partial charge on any atom is 0.344 e. The Labute approximate surface area is 174 Å². The van der Waals surface area contributed by atoms with Crippen LogP contribution in [-0.4, -0.2) is 29.8 Å². The Morgan fingerprint density at radius 2 is 1.83 bits per heavy atom. The van der Waals surface area contributed by atoms with E-state index in [1.54, 1.807) is 32.1 Å². The summed E-state index contributed by atoms with van der Waals surface area (Å²) >= 11 is 1.29. The SMILES string of the molecule is Cc1ccc(N=C2NC(=O)/C(=C/c3ccc(OCC(=O)OC(C)C)cc3)S2)cc1. The van der Waals surface area contributed by atoms with E-state index < -0.39 is 5.97 Å². The van der Waals surface area contributed by atoms with E-state index in [1.807, 2.05) is 43.3 Å². The van der Waals surface area contributed by atoms with Gasteiger partial charge in [-0.05, 0) is 68.4 Å². The van der Waals surface area contributed by atoms with E-state index in [9.17, 15) is 9.59 Å². The number of aryl methyl sites for hydroxylation is 1. The molecule has 29 heavy (non-hydrogen) atoms. The van der Waals surface area contributed by atoms with Crippen molar-refractivity contribution in [3.8, 4) is 5.75 Å². The molecule has 150 valence electrons. The number of hydrogen-bond acceptors (Lipinski definition) is 6. The number of nitrogens with zero attached hydrogens (tertiary/aromatic N) is 1. The molecule has 2 aromatic carbocycles. The second kappa shape index (κ2) is 9.43. The van der Waals surface area contributed by atoms with Gasteiger partial charge in [-0.25, -0.2) is 9.79 Å². The van der Waals surface area contributed by atoms with E-state index in [0.717, 1.165) is 16.8 Å². The number of ether oxygens (including phenoxy) is 2. The van der Waals surface area contributed by atoms with E-state index >= 15 is 0 Å². The molecule has 1 fully saturated rings. The van der Waals surface area contributed by atoms with Crippen LogP contribution in [0.1, 0.15) is 25.0 Å². The van der Waals surface area contributed by atoms with Gasteiger partial charge < -0.3 is 14.8 Å². The summed E-state index contributed by atoms with van der Waals surface area (Å²) in [7, 11) is 0. The topological polar surface area (TPSA) is 77.0 Å². The van der Waals surface area contributed by atoms with E-state index in [1.165, 1.54) is 11.8 Å². The minimum Gasteiger partial charge on any atom is -0.482 e. The summed E-state index contributed by atoms with van der Waals surface area (Å²) in [4.78, 5) is 28.8. The Kier molecular flexibility index (Phi) is 6.72. The molecule has 6 nitrogen and oxygen atoms in total. The van der Waals surface area contributed by atoms with Gasteiger partial charge in [0, 0.05) is 0 Å². The first kappa shape index (κ1) is 20.7. The predicted molar refractivity (Wildman–Crippen MR) is 115 cm³/mol. The number of amides is 1. The molecule has 1 N–H and O–H groups in total. The van der Waals surface area contributed by atoms with Crippen LogP contribution in [0.4, 0.5) is 5.69 Å².